The number of nitrogens with zero attached hydrogens (tertiary/aromatic N) is 2. The molecule has 0 unspecified atom stereocenters. The summed E-state index contributed by atoms with van der Waals surface area (Å²) < 4.78 is 5.69. The number of H-pyrrole nitrogens is 1. The number of hydrogen-bond acceptors (Lipinski definition) is 4. The zero-order valence-corrected chi connectivity index (χ0v) is 13.6. The quantitative estimate of drug-likeness (QED) is 0.769. The van der Waals surface area contributed by atoms with E-state index in [9.17, 15) is 4.79 Å². The molecule has 1 amide bonds. The number of aryl methyl sites for hydroxylation is 1. The van der Waals surface area contributed by atoms with Crippen LogP contribution in [0.15, 0.2) is 54.7 Å². The first-order chi connectivity index (χ1) is 12.3. The zero-order chi connectivity index (χ0) is 17.1. The van der Waals surface area contributed by atoms with E-state index in [1.165, 1.54) is 11.8 Å². The highest BCUT2D eigenvalue weighted by Crippen LogP contribution is 2.30. The van der Waals surface area contributed by atoms with E-state index in [0.717, 1.165) is 36.3 Å². The van der Waals surface area contributed by atoms with Gasteiger partial charge in [-0.25, -0.2) is 0 Å². The van der Waals surface area contributed by atoms with Crippen molar-refractivity contribution in [3.8, 4) is 5.75 Å². The van der Waals surface area contributed by atoms with Crippen molar-refractivity contribution in [3.63, 3.8) is 0 Å². The first-order valence-corrected chi connectivity index (χ1v) is 8.28. The molecule has 0 aliphatic carbocycles. The van der Waals surface area contributed by atoms with E-state index in [2.05, 4.69) is 26.8 Å². The molecule has 2 aromatic carbocycles. The normalized spacial score (nSPS) is 14.2. The minimum absolute atomic E-state index is 0.266. The van der Waals surface area contributed by atoms with Crippen molar-refractivity contribution in [1.29, 1.82) is 0 Å². The van der Waals surface area contributed by atoms with Gasteiger partial charge in [0.1, 0.15) is 5.75 Å². The van der Waals surface area contributed by atoms with Crippen LogP contribution in [0, 0.1) is 0 Å². The van der Waals surface area contributed by atoms with Crippen molar-refractivity contribution in [2.45, 2.75) is 18.9 Å². The first-order valence-electron chi connectivity index (χ1n) is 8.28. The van der Waals surface area contributed by atoms with Crippen molar-refractivity contribution in [2.24, 2.45) is 0 Å². The Labute approximate surface area is 145 Å². The fraction of sp³-hybridized carbons (Fsp3) is 0.211. The summed E-state index contributed by atoms with van der Waals surface area (Å²) in [5.74, 6) is 0.668. The number of benzene rings is 2. The Morgan fingerprint density at radius 2 is 2.04 bits per heavy atom. The van der Waals surface area contributed by atoms with Crippen LogP contribution in [0.4, 0.5) is 0 Å². The molecule has 0 spiro atoms. The lowest BCUT2D eigenvalue weighted by Crippen LogP contribution is -2.29. The number of nitrogens with one attached hydrogen (secondary N) is 2. The largest absolute Gasteiger partial charge is 0.493 e. The molecular formula is C19H18N4O2. The van der Waals surface area contributed by atoms with Gasteiger partial charge in [-0.1, -0.05) is 36.4 Å². The van der Waals surface area contributed by atoms with Gasteiger partial charge >= 0.3 is 0 Å². The lowest BCUT2D eigenvalue weighted by molar-refractivity contribution is 0.0938. The number of hydrogen-bond donors (Lipinski definition) is 2. The summed E-state index contributed by atoms with van der Waals surface area (Å²) in [5.41, 5.74) is 3.48. The number of rotatable bonds is 4. The van der Waals surface area contributed by atoms with Gasteiger partial charge in [-0.05, 0) is 41.7 Å². The molecule has 1 aliphatic heterocycles. The molecule has 2 N–H and O–H groups in total. The molecule has 3 aromatic rings. The third-order valence-electron chi connectivity index (χ3n) is 4.32. The highest BCUT2D eigenvalue weighted by atomic mass is 16.5. The van der Waals surface area contributed by atoms with Crippen LogP contribution in [0.25, 0.3) is 0 Å². The Bertz CT molecular complexity index is 862. The topological polar surface area (TPSA) is 79.9 Å². The van der Waals surface area contributed by atoms with Crippen LogP contribution in [0.1, 0.15) is 39.6 Å². The summed E-state index contributed by atoms with van der Waals surface area (Å²) >= 11 is 0. The average molecular weight is 334 g/mol. The van der Waals surface area contributed by atoms with Gasteiger partial charge in [0.2, 0.25) is 0 Å². The van der Waals surface area contributed by atoms with E-state index in [-0.39, 0.29) is 17.6 Å². The molecule has 0 fully saturated rings. The second-order valence-corrected chi connectivity index (χ2v) is 5.99. The molecule has 6 nitrogen and oxygen atoms in total. The van der Waals surface area contributed by atoms with E-state index < -0.39 is 0 Å². The van der Waals surface area contributed by atoms with E-state index >= 15 is 0 Å². The minimum Gasteiger partial charge on any atom is -0.493 e. The van der Waals surface area contributed by atoms with Gasteiger partial charge in [0, 0.05) is 0 Å². The summed E-state index contributed by atoms with van der Waals surface area (Å²) in [7, 11) is 0. The first kappa shape index (κ1) is 15.4. The van der Waals surface area contributed by atoms with Gasteiger partial charge in [0.05, 0.1) is 18.8 Å². The maximum Gasteiger partial charge on any atom is 0.274 e. The summed E-state index contributed by atoms with van der Waals surface area (Å²) in [6.45, 7) is 0.761. The summed E-state index contributed by atoms with van der Waals surface area (Å²) in [4.78, 5) is 12.5. The number of aromatic nitrogens is 3. The molecule has 0 saturated carbocycles. The Kier molecular flexibility index (Phi) is 4.16. The van der Waals surface area contributed by atoms with Crippen LogP contribution in [-0.2, 0) is 6.42 Å². The molecule has 6 heteroatoms. The van der Waals surface area contributed by atoms with Crippen LogP contribution in [0.3, 0.4) is 0 Å². The predicted molar refractivity (Wildman–Crippen MR) is 92.4 cm³/mol. The third kappa shape index (κ3) is 3.24. The molecule has 126 valence electrons. The number of amides is 1. The summed E-state index contributed by atoms with van der Waals surface area (Å²) in [6.07, 6.45) is 3.41. The van der Waals surface area contributed by atoms with Crippen LogP contribution >= 0.6 is 0 Å². The lowest BCUT2D eigenvalue weighted by Gasteiger charge is -2.23. The van der Waals surface area contributed by atoms with E-state index in [4.69, 9.17) is 4.74 Å². The molecule has 4 rings (SSSR count). The van der Waals surface area contributed by atoms with Crippen molar-refractivity contribution < 1.29 is 9.53 Å². The van der Waals surface area contributed by atoms with Crippen molar-refractivity contribution in [3.05, 3.63) is 77.1 Å². The standard InChI is InChI=1S/C19H18N4O2/c24-19(16-12-20-23-22-16)21-18(13-5-2-1-3-6-13)15-8-9-17-14(11-15)7-4-10-25-17/h1-3,5-6,8-9,11-12,18H,4,7,10H2,(H,21,24)(H,20,22,23)/t18-/m0/s1. The van der Waals surface area contributed by atoms with E-state index in [0.29, 0.717) is 0 Å². The summed E-state index contributed by atoms with van der Waals surface area (Å²) in [6, 6.07) is 15.7. The molecule has 0 saturated heterocycles. The fourth-order valence-electron chi connectivity index (χ4n) is 3.08. The van der Waals surface area contributed by atoms with Crippen LogP contribution < -0.4 is 10.1 Å². The number of fused-ring (bicyclic) bond motifs is 1. The molecule has 0 radical (unpaired) electrons. The van der Waals surface area contributed by atoms with E-state index in [1.807, 2.05) is 42.5 Å². The van der Waals surface area contributed by atoms with Gasteiger partial charge in [-0.15, -0.1) is 0 Å². The Morgan fingerprint density at radius 3 is 2.84 bits per heavy atom. The lowest BCUT2D eigenvalue weighted by atomic mass is 9.94. The number of carbonyl (C=O) groups excluding carboxylic acids is 1. The zero-order valence-electron chi connectivity index (χ0n) is 13.6. The van der Waals surface area contributed by atoms with Gasteiger partial charge in [0.25, 0.3) is 5.91 Å². The van der Waals surface area contributed by atoms with Gasteiger partial charge in [-0.2, -0.15) is 15.4 Å². The predicted octanol–water partition coefficient (Wildman–Crippen LogP) is 2.65. The smallest absolute Gasteiger partial charge is 0.274 e. The van der Waals surface area contributed by atoms with E-state index in [1.54, 1.807) is 0 Å². The number of aromatic amines is 1. The molecule has 1 aromatic heterocycles. The van der Waals surface area contributed by atoms with Gasteiger partial charge in [-0.3, -0.25) is 4.79 Å². The molecule has 1 atom stereocenters. The number of ether oxygens (including phenoxy) is 1. The molecule has 0 bridgehead atoms. The van der Waals surface area contributed by atoms with Crippen molar-refractivity contribution in [2.75, 3.05) is 6.61 Å². The Morgan fingerprint density at radius 1 is 1.16 bits per heavy atom. The number of carbonyl (C=O) groups is 1. The van der Waals surface area contributed by atoms with Crippen LogP contribution in [0.5, 0.6) is 5.75 Å². The molecule has 2 heterocycles. The van der Waals surface area contributed by atoms with Gasteiger partial charge < -0.3 is 10.1 Å². The SMILES string of the molecule is O=C(N[C@@H](c1ccccc1)c1ccc2c(c1)CCCO2)c1cn[nH]n1. The fourth-order valence-corrected chi connectivity index (χ4v) is 3.08. The van der Waals surface area contributed by atoms with Crippen LogP contribution in [-0.4, -0.2) is 27.9 Å². The molecular weight excluding hydrogens is 316 g/mol. The summed E-state index contributed by atoms with van der Waals surface area (Å²) in [5, 5.41) is 13.1. The minimum atomic E-state index is -0.267. The average Bonchev–Trinajstić information content (AvgIpc) is 3.21. The highest BCUT2D eigenvalue weighted by molar-refractivity contribution is 5.92. The van der Waals surface area contributed by atoms with Crippen LogP contribution in [0.2, 0.25) is 0 Å². The van der Waals surface area contributed by atoms with Crippen molar-refractivity contribution in [1.82, 2.24) is 20.7 Å². The second-order valence-electron chi connectivity index (χ2n) is 5.99. The maximum atomic E-state index is 12.5. The maximum absolute atomic E-state index is 12.5. The molecule has 1 aliphatic rings. The Hall–Kier alpha value is -3.15. The second kappa shape index (κ2) is 6.76. The van der Waals surface area contributed by atoms with Crippen molar-refractivity contribution >= 4 is 5.91 Å². The Balaban J connectivity index is 1.69. The van der Waals surface area contributed by atoms with Gasteiger partial charge in [0.15, 0.2) is 5.69 Å². The highest BCUT2D eigenvalue weighted by Gasteiger charge is 2.21. The monoisotopic (exact) mass is 334 g/mol. The third-order valence-corrected chi connectivity index (χ3v) is 4.32. The molecule has 25 heavy (non-hydrogen) atoms.